The van der Waals surface area contributed by atoms with Crippen molar-refractivity contribution < 1.29 is 5.11 Å². The topological polar surface area (TPSA) is 23.5 Å². The number of likely N-dealkylation sites (tertiary alicyclic amines) is 1. The van der Waals surface area contributed by atoms with Gasteiger partial charge in [-0.25, -0.2) is 0 Å². The minimum absolute atomic E-state index is 0.122. The van der Waals surface area contributed by atoms with E-state index in [0.29, 0.717) is 0 Å². The third-order valence-electron chi connectivity index (χ3n) is 1.70. The van der Waals surface area contributed by atoms with Crippen molar-refractivity contribution in [2.45, 2.75) is 12.5 Å². The Labute approximate surface area is 66.1 Å². The standard InChI is InChI=1S/C7H12ClNO/c8-3-1-4-9-5-2-7(10)6-9/h1,3,7,10H,2,4-6H2/b3-1+/t7-/m0/s1. The predicted molar refractivity (Wildman–Crippen MR) is 42.1 cm³/mol. The van der Waals surface area contributed by atoms with Crippen LogP contribution in [-0.4, -0.2) is 35.7 Å². The zero-order valence-corrected chi connectivity index (χ0v) is 6.59. The van der Waals surface area contributed by atoms with E-state index in [1.807, 2.05) is 6.08 Å². The van der Waals surface area contributed by atoms with Gasteiger partial charge in [0.05, 0.1) is 6.10 Å². The van der Waals surface area contributed by atoms with Gasteiger partial charge in [0.2, 0.25) is 0 Å². The molecule has 1 rings (SSSR count). The molecule has 0 bridgehead atoms. The van der Waals surface area contributed by atoms with Gasteiger partial charge in [-0.05, 0) is 6.42 Å². The van der Waals surface area contributed by atoms with E-state index in [2.05, 4.69) is 4.90 Å². The normalized spacial score (nSPS) is 28.4. The van der Waals surface area contributed by atoms with Crippen LogP contribution in [0.15, 0.2) is 11.6 Å². The van der Waals surface area contributed by atoms with E-state index in [0.717, 1.165) is 26.1 Å². The third-order valence-corrected chi connectivity index (χ3v) is 1.88. The van der Waals surface area contributed by atoms with Crippen LogP contribution in [0, 0.1) is 0 Å². The number of aliphatic hydroxyl groups is 1. The van der Waals surface area contributed by atoms with Gasteiger partial charge in [0.25, 0.3) is 0 Å². The van der Waals surface area contributed by atoms with Crippen molar-refractivity contribution in [1.29, 1.82) is 0 Å². The molecule has 0 amide bonds. The second kappa shape index (κ2) is 3.96. The Morgan fingerprint density at radius 3 is 3.00 bits per heavy atom. The number of β-amino-alcohol motifs (C(OH)–C–C–N with tert-alkyl or cyclic N) is 1. The Balaban J connectivity index is 2.18. The number of hydrogen-bond donors (Lipinski definition) is 1. The molecule has 1 N–H and O–H groups in total. The lowest BCUT2D eigenvalue weighted by atomic mass is 10.3. The van der Waals surface area contributed by atoms with Crippen LogP contribution in [-0.2, 0) is 0 Å². The molecule has 2 nitrogen and oxygen atoms in total. The summed E-state index contributed by atoms with van der Waals surface area (Å²) in [5, 5.41) is 9.10. The molecule has 0 radical (unpaired) electrons. The summed E-state index contributed by atoms with van der Waals surface area (Å²) < 4.78 is 0. The lowest BCUT2D eigenvalue weighted by Gasteiger charge is -2.10. The van der Waals surface area contributed by atoms with Crippen molar-refractivity contribution in [3.05, 3.63) is 11.6 Å². The Bertz CT molecular complexity index is 127. The van der Waals surface area contributed by atoms with Crippen LogP contribution in [0.5, 0.6) is 0 Å². The van der Waals surface area contributed by atoms with E-state index in [1.54, 1.807) is 0 Å². The summed E-state index contributed by atoms with van der Waals surface area (Å²) in [7, 11) is 0. The smallest absolute Gasteiger partial charge is 0.0679 e. The molecule has 58 valence electrons. The molecule has 0 aromatic rings. The minimum atomic E-state index is -0.122. The van der Waals surface area contributed by atoms with Crippen LogP contribution in [0.25, 0.3) is 0 Å². The number of nitrogens with zero attached hydrogens (tertiary/aromatic N) is 1. The molecule has 0 spiro atoms. The quantitative estimate of drug-likeness (QED) is 0.648. The fourth-order valence-corrected chi connectivity index (χ4v) is 1.25. The van der Waals surface area contributed by atoms with Gasteiger partial charge in [-0.3, -0.25) is 4.90 Å². The molecule has 1 heterocycles. The number of halogens is 1. The summed E-state index contributed by atoms with van der Waals surface area (Å²) in [6, 6.07) is 0. The molecule has 1 atom stereocenters. The lowest BCUT2D eigenvalue weighted by molar-refractivity contribution is 0.179. The van der Waals surface area contributed by atoms with Gasteiger partial charge in [-0.1, -0.05) is 17.7 Å². The van der Waals surface area contributed by atoms with Crippen LogP contribution in [0.3, 0.4) is 0 Å². The highest BCUT2D eigenvalue weighted by atomic mass is 35.5. The highest BCUT2D eigenvalue weighted by Crippen LogP contribution is 2.07. The Morgan fingerprint density at radius 2 is 2.50 bits per heavy atom. The first-order valence-corrected chi connectivity index (χ1v) is 3.92. The number of hydrogen-bond acceptors (Lipinski definition) is 2. The van der Waals surface area contributed by atoms with Gasteiger partial charge in [-0.2, -0.15) is 0 Å². The fraction of sp³-hybridized carbons (Fsp3) is 0.714. The number of aliphatic hydroxyl groups excluding tert-OH is 1. The van der Waals surface area contributed by atoms with Gasteiger partial charge in [-0.15, -0.1) is 0 Å². The zero-order chi connectivity index (χ0) is 7.40. The van der Waals surface area contributed by atoms with Crippen molar-refractivity contribution in [2.24, 2.45) is 0 Å². The van der Waals surface area contributed by atoms with Crippen LogP contribution < -0.4 is 0 Å². The molecule has 1 aliphatic heterocycles. The molecule has 0 aromatic heterocycles. The first-order valence-electron chi connectivity index (χ1n) is 3.48. The first-order chi connectivity index (χ1) is 4.83. The molecule has 0 saturated carbocycles. The summed E-state index contributed by atoms with van der Waals surface area (Å²) in [6.45, 7) is 2.64. The minimum Gasteiger partial charge on any atom is -0.392 e. The van der Waals surface area contributed by atoms with Gasteiger partial charge >= 0.3 is 0 Å². The maximum atomic E-state index is 9.10. The molecule has 10 heavy (non-hydrogen) atoms. The Kier molecular flexibility index (Phi) is 3.19. The lowest BCUT2D eigenvalue weighted by Crippen LogP contribution is -2.21. The maximum absolute atomic E-state index is 9.10. The van der Waals surface area contributed by atoms with Gasteiger partial charge < -0.3 is 5.11 Å². The second-order valence-electron chi connectivity index (χ2n) is 2.56. The van der Waals surface area contributed by atoms with E-state index in [9.17, 15) is 0 Å². The largest absolute Gasteiger partial charge is 0.392 e. The zero-order valence-electron chi connectivity index (χ0n) is 5.83. The Hall–Kier alpha value is -0.0500. The molecular formula is C7H12ClNO. The van der Waals surface area contributed by atoms with Crippen LogP contribution >= 0.6 is 11.6 Å². The summed E-state index contributed by atoms with van der Waals surface area (Å²) in [5.41, 5.74) is 1.52. The molecule has 1 saturated heterocycles. The second-order valence-corrected chi connectivity index (χ2v) is 2.82. The summed E-state index contributed by atoms with van der Waals surface area (Å²) >= 11 is 5.35. The first kappa shape index (κ1) is 8.05. The molecule has 0 aliphatic carbocycles. The summed E-state index contributed by atoms with van der Waals surface area (Å²) in [6.07, 6.45) is 2.67. The van der Waals surface area contributed by atoms with Crippen LogP contribution in [0.2, 0.25) is 0 Å². The van der Waals surface area contributed by atoms with Crippen molar-refractivity contribution >= 4 is 11.6 Å². The van der Waals surface area contributed by atoms with Crippen molar-refractivity contribution in [1.82, 2.24) is 4.90 Å². The van der Waals surface area contributed by atoms with Crippen LogP contribution in [0.4, 0.5) is 0 Å². The van der Waals surface area contributed by atoms with E-state index < -0.39 is 0 Å². The average Bonchev–Trinajstić information content (AvgIpc) is 2.31. The predicted octanol–water partition coefficient (Wildman–Crippen LogP) is 0.806. The molecule has 0 unspecified atom stereocenters. The highest BCUT2D eigenvalue weighted by molar-refractivity contribution is 6.25. The number of rotatable bonds is 2. The Morgan fingerprint density at radius 1 is 1.70 bits per heavy atom. The van der Waals surface area contributed by atoms with E-state index >= 15 is 0 Å². The van der Waals surface area contributed by atoms with Crippen LogP contribution in [0.1, 0.15) is 6.42 Å². The molecule has 0 aromatic carbocycles. The van der Waals surface area contributed by atoms with Crippen molar-refractivity contribution in [3.8, 4) is 0 Å². The molecule has 1 aliphatic rings. The highest BCUT2D eigenvalue weighted by Gasteiger charge is 2.18. The third kappa shape index (κ3) is 2.29. The molecule has 1 fully saturated rings. The van der Waals surface area contributed by atoms with E-state index in [1.165, 1.54) is 5.54 Å². The van der Waals surface area contributed by atoms with E-state index in [4.69, 9.17) is 16.7 Å². The summed E-state index contributed by atoms with van der Waals surface area (Å²) in [4.78, 5) is 2.17. The molecule has 3 heteroatoms. The monoisotopic (exact) mass is 161 g/mol. The van der Waals surface area contributed by atoms with Crippen molar-refractivity contribution in [2.75, 3.05) is 19.6 Å². The maximum Gasteiger partial charge on any atom is 0.0679 e. The fourth-order valence-electron chi connectivity index (χ4n) is 1.17. The van der Waals surface area contributed by atoms with E-state index in [-0.39, 0.29) is 6.10 Å². The molecular weight excluding hydrogens is 150 g/mol. The summed E-state index contributed by atoms with van der Waals surface area (Å²) in [5.74, 6) is 0. The average molecular weight is 162 g/mol. The van der Waals surface area contributed by atoms with Gasteiger partial charge in [0, 0.05) is 25.2 Å². The van der Waals surface area contributed by atoms with Crippen molar-refractivity contribution in [3.63, 3.8) is 0 Å². The van der Waals surface area contributed by atoms with Gasteiger partial charge in [0.1, 0.15) is 0 Å². The van der Waals surface area contributed by atoms with Gasteiger partial charge in [0.15, 0.2) is 0 Å². The SMILES string of the molecule is O[C@H]1CCN(C/C=C/Cl)C1.